The van der Waals surface area contributed by atoms with Crippen molar-refractivity contribution in [2.45, 2.75) is 24.7 Å². The van der Waals surface area contributed by atoms with E-state index in [9.17, 15) is 18.0 Å². The van der Waals surface area contributed by atoms with E-state index < -0.39 is 22.0 Å². The summed E-state index contributed by atoms with van der Waals surface area (Å²) in [5, 5.41) is 0. The van der Waals surface area contributed by atoms with Crippen molar-refractivity contribution in [1.29, 1.82) is 0 Å². The van der Waals surface area contributed by atoms with E-state index in [1.807, 2.05) is 6.92 Å². The fourth-order valence-electron chi connectivity index (χ4n) is 2.21. The maximum Gasteiger partial charge on any atom is 0.343 e. The summed E-state index contributed by atoms with van der Waals surface area (Å²) in [6.45, 7) is 2.36. The molecule has 0 aliphatic carbocycles. The van der Waals surface area contributed by atoms with Crippen molar-refractivity contribution in [3.05, 3.63) is 59.7 Å². The number of benzene rings is 2. The summed E-state index contributed by atoms with van der Waals surface area (Å²) in [5.41, 5.74) is 0.459. The van der Waals surface area contributed by atoms with Crippen LogP contribution >= 0.6 is 0 Å². The zero-order valence-corrected chi connectivity index (χ0v) is 16.9. The Labute approximate surface area is 164 Å². The predicted octanol–water partition coefficient (Wildman–Crippen LogP) is 3.11. The Bertz CT molecular complexity index is 935. The molecule has 0 amide bonds. The molecule has 0 saturated carbocycles. The number of carbonyl (C=O) groups excluding carboxylic acids is 2. The first kappa shape index (κ1) is 21.6. The van der Waals surface area contributed by atoms with E-state index in [0.29, 0.717) is 12.2 Å². The number of carbonyl (C=O) groups is 2. The zero-order valence-electron chi connectivity index (χ0n) is 16.0. The molecule has 0 N–H and O–H groups in total. The molecule has 2 aromatic rings. The molecule has 0 unspecified atom stereocenters. The second-order valence-corrected chi connectivity index (χ2v) is 8.37. The van der Waals surface area contributed by atoms with Crippen LogP contribution in [0.5, 0.6) is 5.75 Å². The highest BCUT2D eigenvalue weighted by Crippen LogP contribution is 2.18. The third kappa shape index (κ3) is 5.40. The van der Waals surface area contributed by atoms with Crippen molar-refractivity contribution in [2.24, 2.45) is 0 Å². The molecule has 0 aliphatic heterocycles. The van der Waals surface area contributed by atoms with Gasteiger partial charge in [0.2, 0.25) is 10.0 Å². The molecule has 0 heterocycles. The van der Waals surface area contributed by atoms with Gasteiger partial charge in [-0.3, -0.25) is 0 Å². The third-order valence-corrected chi connectivity index (χ3v) is 5.69. The molecule has 0 aromatic heterocycles. The molecule has 0 aliphatic rings. The highest BCUT2D eigenvalue weighted by Gasteiger charge is 2.19. The van der Waals surface area contributed by atoms with E-state index in [4.69, 9.17) is 9.47 Å². The van der Waals surface area contributed by atoms with Crippen LogP contribution in [0.25, 0.3) is 0 Å². The number of ether oxygens (including phenoxy) is 2. The van der Waals surface area contributed by atoms with E-state index >= 15 is 0 Å². The van der Waals surface area contributed by atoms with Gasteiger partial charge in [0, 0.05) is 14.1 Å². The highest BCUT2D eigenvalue weighted by atomic mass is 32.2. The minimum atomic E-state index is -3.66. The number of nitrogens with zero attached hydrogens (tertiary/aromatic N) is 1. The number of rotatable bonds is 8. The number of sulfonamides is 1. The summed E-state index contributed by atoms with van der Waals surface area (Å²) >= 11 is 0. The number of hydrogen-bond acceptors (Lipinski definition) is 6. The van der Waals surface area contributed by atoms with E-state index in [1.165, 1.54) is 62.6 Å². The van der Waals surface area contributed by atoms with Gasteiger partial charge >= 0.3 is 11.9 Å². The molecule has 0 radical (unpaired) electrons. The van der Waals surface area contributed by atoms with Crippen LogP contribution in [0.1, 0.15) is 40.5 Å². The molecule has 150 valence electrons. The molecule has 0 saturated heterocycles. The van der Waals surface area contributed by atoms with Gasteiger partial charge in [-0.1, -0.05) is 19.4 Å². The molecular weight excluding hydrogens is 382 g/mol. The predicted molar refractivity (Wildman–Crippen MR) is 104 cm³/mol. The van der Waals surface area contributed by atoms with Crippen LogP contribution in [-0.4, -0.2) is 45.4 Å². The SMILES string of the molecule is CCCCOC(=O)c1ccc(OC(=O)c2cccc(S(=O)(=O)N(C)C)c2)cc1. The molecule has 2 aromatic carbocycles. The average molecular weight is 405 g/mol. The average Bonchev–Trinajstić information content (AvgIpc) is 2.68. The molecule has 8 heteroatoms. The van der Waals surface area contributed by atoms with Gasteiger partial charge in [-0.05, 0) is 48.9 Å². The first-order valence-corrected chi connectivity index (χ1v) is 10.2. The summed E-state index contributed by atoms with van der Waals surface area (Å²) in [7, 11) is -0.833. The summed E-state index contributed by atoms with van der Waals surface area (Å²) in [6.07, 6.45) is 1.73. The molecular formula is C20H23NO6S. The Kier molecular flexibility index (Phi) is 7.31. The minimum Gasteiger partial charge on any atom is -0.462 e. The molecule has 0 fully saturated rings. The Hall–Kier alpha value is -2.71. The lowest BCUT2D eigenvalue weighted by atomic mass is 10.2. The largest absolute Gasteiger partial charge is 0.462 e. The number of unbranched alkanes of at least 4 members (excludes halogenated alkanes) is 1. The molecule has 0 atom stereocenters. The maximum absolute atomic E-state index is 12.3. The van der Waals surface area contributed by atoms with Crippen LogP contribution < -0.4 is 4.74 Å². The van der Waals surface area contributed by atoms with E-state index in [2.05, 4.69) is 0 Å². The Morgan fingerprint density at radius 1 is 0.964 bits per heavy atom. The van der Waals surface area contributed by atoms with Gasteiger partial charge in [0.05, 0.1) is 22.6 Å². The van der Waals surface area contributed by atoms with Crippen molar-refractivity contribution in [1.82, 2.24) is 4.31 Å². The Morgan fingerprint density at radius 2 is 1.64 bits per heavy atom. The normalized spacial score (nSPS) is 11.3. The number of esters is 2. The van der Waals surface area contributed by atoms with Crippen LogP contribution in [0.4, 0.5) is 0 Å². The highest BCUT2D eigenvalue weighted by molar-refractivity contribution is 7.89. The van der Waals surface area contributed by atoms with E-state index in [1.54, 1.807) is 0 Å². The smallest absolute Gasteiger partial charge is 0.343 e. The van der Waals surface area contributed by atoms with Crippen LogP contribution in [0.2, 0.25) is 0 Å². The molecule has 7 nitrogen and oxygen atoms in total. The first-order chi connectivity index (χ1) is 13.3. The van der Waals surface area contributed by atoms with Gasteiger partial charge in [-0.15, -0.1) is 0 Å². The summed E-state index contributed by atoms with van der Waals surface area (Å²) < 4.78 is 35.8. The van der Waals surface area contributed by atoms with Gasteiger partial charge in [-0.25, -0.2) is 22.3 Å². The second-order valence-electron chi connectivity index (χ2n) is 6.22. The molecule has 0 spiro atoms. The topological polar surface area (TPSA) is 90.0 Å². The van der Waals surface area contributed by atoms with Gasteiger partial charge in [0.15, 0.2) is 0 Å². The van der Waals surface area contributed by atoms with Crippen LogP contribution in [0.15, 0.2) is 53.4 Å². The molecule has 28 heavy (non-hydrogen) atoms. The monoisotopic (exact) mass is 405 g/mol. The van der Waals surface area contributed by atoms with Gasteiger partial charge < -0.3 is 9.47 Å². The lowest BCUT2D eigenvalue weighted by Crippen LogP contribution is -2.22. The van der Waals surface area contributed by atoms with Crippen molar-refractivity contribution in [3.63, 3.8) is 0 Å². The first-order valence-electron chi connectivity index (χ1n) is 8.77. The molecule has 2 rings (SSSR count). The quantitative estimate of drug-likeness (QED) is 0.381. The maximum atomic E-state index is 12.3. The van der Waals surface area contributed by atoms with Crippen molar-refractivity contribution in [3.8, 4) is 5.75 Å². The fraction of sp³-hybridized carbons (Fsp3) is 0.300. The lowest BCUT2D eigenvalue weighted by Gasteiger charge is -2.12. The Balaban J connectivity index is 2.08. The van der Waals surface area contributed by atoms with E-state index in [0.717, 1.165) is 17.1 Å². The third-order valence-electron chi connectivity index (χ3n) is 3.88. The zero-order chi connectivity index (χ0) is 20.7. The summed E-state index contributed by atoms with van der Waals surface area (Å²) in [5.74, 6) is -0.905. The van der Waals surface area contributed by atoms with Crippen molar-refractivity contribution >= 4 is 22.0 Å². The summed E-state index contributed by atoms with van der Waals surface area (Å²) in [6, 6.07) is 11.6. The molecule has 0 bridgehead atoms. The van der Waals surface area contributed by atoms with E-state index in [-0.39, 0.29) is 16.2 Å². The van der Waals surface area contributed by atoms with Crippen molar-refractivity contribution in [2.75, 3.05) is 20.7 Å². The fourth-order valence-corrected chi connectivity index (χ4v) is 3.16. The number of hydrogen-bond donors (Lipinski definition) is 0. The van der Waals surface area contributed by atoms with Gasteiger partial charge in [0.1, 0.15) is 5.75 Å². The Morgan fingerprint density at radius 3 is 2.25 bits per heavy atom. The standard InChI is InChI=1S/C20H23NO6S/c1-4-5-13-26-19(22)15-9-11-17(12-10-15)27-20(23)16-7-6-8-18(14-16)28(24,25)21(2)3/h6-12,14H,4-5,13H2,1-3H3. The summed E-state index contributed by atoms with van der Waals surface area (Å²) in [4.78, 5) is 24.2. The van der Waals surface area contributed by atoms with Crippen LogP contribution in [0, 0.1) is 0 Å². The van der Waals surface area contributed by atoms with Crippen molar-refractivity contribution < 1.29 is 27.5 Å². The van der Waals surface area contributed by atoms with Gasteiger partial charge in [0.25, 0.3) is 0 Å². The van der Waals surface area contributed by atoms with Crippen LogP contribution in [-0.2, 0) is 14.8 Å². The van der Waals surface area contributed by atoms with Gasteiger partial charge in [-0.2, -0.15) is 0 Å². The minimum absolute atomic E-state index is 0.00266. The second kappa shape index (κ2) is 9.48. The van der Waals surface area contributed by atoms with Crippen LogP contribution in [0.3, 0.4) is 0 Å². The lowest BCUT2D eigenvalue weighted by molar-refractivity contribution is 0.0499.